The van der Waals surface area contributed by atoms with Crippen molar-refractivity contribution in [3.8, 4) is 0 Å². The molecule has 0 aromatic heterocycles. The Kier molecular flexibility index (Phi) is 5.68. The molecule has 19 heavy (non-hydrogen) atoms. The van der Waals surface area contributed by atoms with Gasteiger partial charge in [-0.2, -0.15) is 12.8 Å². The zero-order chi connectivity index (χ0) is 14.3. The van der Waals surface area contributed by atoms with Crippen LogP contribution >= 0.6 is 0 Å². The number of ether oxygens (including phenoxy) is 1. The van der Waals surface area contributed by atoms with E-state index in [1.165, 1.54) is 0 Å². The number of carbonyl (C=O) groups excluding carboxylic acids is 1. The molecule has 0 heterocycles. The Morgan fingerprint density at radius 3 is 2.42 bits per heavy atom. The molecule has 0 saturated carbocycles. The highest BCUT2D eigenvalue weighted by Gasteiger charge is 2.22. The number of hydrogen-bond donors (Lipinski definition) is 1. The Balaban J connectivity index is 2.54. The molecule has 0 bridgehead atoms. The molecule has 1 N–H and O–H groups in total. The van der Waals surface area contributed by atoms with Gasteiger partial charge in [0.05, 0.1) is 6.42 Å². The molecule has 7 nitrogen and oxygen atoms in total. The van der Waals surface area contributed by atoms with Gasteiger partial charge in [-0.15, -0.1) is 0 Å². The zero-order valence-corrected chi connectivity index (χ0v) is 10.5. The summed E-state index contributed by atoms with van der Waals surface area (Å²) in [7, 11) is -2.89. The molecule has 0 aliphatic rings. The fraction of sp³-hybridized carbons (Fsp3) is 0.273. The standard InChI is InChI=1S/C11H11NO6S/c13-10(6-9(11(14)15)12-19(16)17)18-7-8-4-2-1-3-5-8/h1-5,9H,6-7H2,(H,14,15). The quantitative estimate of drug-likeness (QED) is 0.768. The maximum atomic E-state index is 11.4. The fourth-order valence-corrected chi connectivity index (χ4v) is 1.60. The van der Waals surface area contributed by atoms with Crippen LogP contribution in [0.25, 0.3) is 0 Å². The number of carbonyl (C=O) groups is 2. The van der Waals surface area contributed by atoms with Crippen LogP contribution in [0.3, 0.4) is 0 Å². The second-order valence-corrected chi connectivity index (χ2v) is 4.17. The highest BCUT2D eigenvalue weighted by molar-refractivity contribution is 7.61. The summed E-state index contributed by atoms with van der Waals surface area (Å²) >= 11 is 0. The van der Waals surface area contributed by atoms with Crippen LogP contribution in [-0.4, -0.2) is 31.5 Å². The third-order valence-corrected chi connectivity index (χ3v) is 2.53. The number of hydrogen-bond acceptors (Lipinski definition) is 6. The summed E-state index contributed by atoms with van der Waals surface area (Å²) in [6.07, 6.45) is -0.629. The summed E-state index contributed by atoms with van der Waals surface area (Å²) in [6, 6.07) is 7.14. The van der Waals surface area contributed by atoms with Gasteiger partial charge < -0.3 is 9.84 Å². The van der Waals surface area contributed by atoms with Gasteiger partial charge in [0.25, 0.3) is 0 Å². The Morgan fingerprint density at radius 1 is 1.26 bits per heavy atom. The van der Waals surface area contributed by atoms with E-state index < -0.39 is 34.9 Å². The predicted octanol–water partition coefficient (Wildman–Crippen LogP) is 0.636. The average Bonchev–Trinajstić information content (AvgIpc) is 2.36. The van der Waals surface area contributed by atoms with Crippen molar-refractivity contribution in [1.29, 1.82) is 0 Å². The first-order valence-corrected chi connectivity index (χ1v) is 6.25. The van der Waals surface area contributed by atoms with Gasteiger partial charge in [-0.05, 0) is 5.56 Å². The number of esters is 1. The van der Waals surface area contributed by atoms with E-state index in [0.29, 0.717) is 0 Å². The lowest BCUT2D eigenvalue weighted by Gasteiger charge is -2.06. The minimum atomic E-state index is -2.89. The number of aliphatic carboxylic acids is 1. The molecule has 0 amide bonds. The van der Waals surface area contributed by atoms with Gasteiger partial charge in [-0.25, -0.2) is 4.79 Å². The summed E-state index contributed by atoms with van der Waals surface area (Å²) in [5.41, 5.74) is 0.743. The van der Waals surface area contributed by atoms with Gasteiger partial charge in [0.2, 0.25) is 0 Å². The van der Waals surface area contributed by atoms with Crippen molar-refractivity contribution >= 4 is 22.4 Å². The van der Waals surface area contributed by atoms with Crippen molar-refractivity contribution in [2.24, 2.45) is 4.36 Å². The molecule has 1 rings (SSSR count). The molecule has 0 aliphatic heterocycles. The maximum absolute atomic E-state index is 11.4. The van der Waals surface area contributed by atoms with E-state index in [1.54, 1.807) is 30.3 Å². The van der Waals surface area contributed by atoms with E-state index in [0.717, 1.165) is 5.56 Å². The van der Waals surface area contributed by atoms with Crippen molar-refractivity contribution in [3.05, 3.63) is 35.9 Å². The van der Waals surface area contributed by atoms with E-state index in [4.69, 9.17) is 9.84 Å². The molecule has 0 spiro atoms. The van der Waals surface area contributed by atoms with E-state index in [2.05, 4.69) is 4.36 Å². The first-order valence-electron chi connectivity index (χ1n) is 5.21. The van der Waals surface area contributed by atoms with Crippen LogP contribution in [0.1, 0.15) is 12.0 Å². The molecule has 0 radical (unpaired) electrons. The molecule has 1 aromatic rings. The average molecular weight is 285 g/mol. The predicted molar refractivity (Wildman–Crippen MR) is 63.6 cm³/mol. The van der Waals surface area contributed by atoms with Crippen LogP contribution < -0.4 is 0 Å². The second-order valence-electron chi connectivity index (χ2n) is 3.53. The lowest BCUT2D eigenvalue weighted by molar-refractivity contribution is -0.149. The Labute approximate surface area is 110 Å². The van der Waals surface area contributed by atoms with Crippen LogP contribution in [-0.2, 0) is 31.4 Å². The molecule has 0 saturated heterocycles. The fourth-order valence-electron chi connectivity index (χ4n) is 1.23. The number of carboxylic acid groups (broad SMARTS) is 1. The molecule has 0 aliphatic carbocycles. The van der Waals surface area contributed by atoms with E-state index >= 15 is 0 Å². The molecular formula is C11H11NO6S. The Morgan fingerprint density at radius 2 is 1.89 bits per heavy atom. The van der Waals surface area contributed by atoms with Crippen LogP contribution in [0.4, 0.5) is 0 Å². The first-order chi connectivity index (χ1) is 8.99. The largest absolute Gasteiger partial charge is 0.480 e. The number of nitrogens with zero attached hydrogens (tertiary/aromatic N) is 1. The van der Waals surface area contributed by atoms with Gasteiger partial charge in [0, 0.05) is 0 Å². The lowest BCUT2D eigenvalue weighted by Crippen LogP contribution is -2.22. The SMILES string of the molecule is O=C(CC(N=S(=O)=O)C(=O)O)OCc1ccccc1. The smallest absolute Gasteiger partial charge is 0.330 e. The Bertz CT molecular complexity index is 572. The number of rotatable bonds is 6. The van der Waals surface area contributed by atoms with Gasteiger partial charge in [-0.3, -0.25) is 4.79 Å². The van der Waals surface area contributed by atoms with Crippen molar-refractivity contribution in [2.75, 3.05) is 0 Å². The summed E-state index contributed by atoms with van der Waals surface area (Å²) in [5, 5.41) is 8.68. The van der Waals surface area contributed by atoms with Crippen molar-refractivity contribution in [1.82, 2.24) is 0 Å². The van der Waals surface area contributed by atoms with Gasteiger partial charge >= 0.3 is 22.4 Å². The van der Waals surface area contributed by atoms with Crippen molar-refractivity contribution in [3.63, 3.8) is 0 Å². The molecule has 8 heteroatoms. The third-order valence-electron chi connectivity index (χ3n) is 2.10. The molecule has 1 unspecified atom stereocenters. The van der Waals surface area contributed by atoms with E-state index in [-0.39, 0.29) is 6.61 Å². The van der Waals surface area contributed by atoms with Crippen LogP contribution in [0.15, 0.2) is 34.7 Å². The normalized spacial score (nSPS) is 11.4. The zero-order valence-electron chi connectivity index (χ0n) is 9.72. The highest BCUT2D eigenvalue weighted by atomic mass is 32.2. The Hall–Kier alpha value is -2.22. The van der Waals surface area contributed by atoms with Crippen LogP contribution in [0, 0.1) is 0 Å². The molecule has 1 aromatic carbocycles. The van der Waals surface area contributed by atoms with E-state index in [9.17, 15) is 18.0 Å². The summed E-state index contributed by atoms with van der Waals surface area (Å²) < 4.78 is 28.3. The minimum absolute atomic E-state index is 0.00746. The summed E-state index contributed by atoms with van der Waals surface area (Å²) in [4.78, 5) is 22.0. The first kappa shape index (κ1) is 14.8. The summed E-state index contributed by atoms with van der Waals surface area (Å²) in [5.74, 6) is -2.33. The van der Waals surface area contributed by atoms with Crippen LogP contribution in [0.2, 0.25) is 0 Å². The monoisotopic (exact) mass is 285 g/mol. The maximum Gasteiger partial charge on any atom is 0.330 e. The summed E-state index contributed by atoms with van der Waals surface area (Å²) in [6.45, 7) is -0.00746. The highest BCUT2D eigenvalue weighted by Crippen LogP contribution is 2.05. The van der Waals surface area contributed by atoms with Crippen molar-refractivity contribution in [2.45, 2.75) is 19.1 Å². The molecular weight excluding hydrogens is 274 g/mol. The van der Waals surface area contributed by atoms with Gasteiger partial charge in [0.15, 0.2) is 6.04 Å². The van der Waals surface area contributed by atoms with Crippen LogP contribution in [0.5, 0.6) is 0 Å². The third kappa shape index (κ3) is 5.77. The number of carboxylic acids is 1. The molecule has 0 fully saturated rings. The molecule has 102 valence electrons. The lowest BCUT2D eigenvalue weighted by atomic mass is 10.2. The van der Waals surface area contributed by atoms with Gasteiger partial charge in [0.1, 0.15) is 6.61 Å². The second kappa shape index (κ2) is 7.27. The van der Waals surface area contributed by atoms with E-state index in [1.807, 2.05) is 0 Å². The van der Waals surface area contributed by atoms with Crippen molar-refractivity contribution < 1.29 is 27.9 Å². The van der Waals surface area contributed by atoms with Gasteiger partial charge in [-0.1, -0.05) is 30.3 Å². The minimum Gasteiger partial charge on any atom is -0.480 e. The molecule has 1 atom stereocenters. The topological polar surface area (TPSA) is 110 Å². The number of benzene rings is 1.